The second-order valence-corrected chi connectivity index (χ2v) is 3.54. The highest BCUT2D eigenvalue weighted by Crippen LogP contribution is 2.29. The van der Waals surface area contributed by atoms with Gasteiger partial charge in [-0.25, -0.2) is 0 Å². The summed E-state index contributed by atoms with van der Waals surface area (Å²) in [4.78, 5) is 0. The average molecular weight is 287 g/mol. The third-order valence-corrected chi connectivity index (χ3v) is 1.95. The number of halogens is 3. The lowest BCUT2D eigenvalue weighted by Gasteiger charge is -2.11. The van der Waals surface area contributed by atoms with Crippen LogP contribution in [-0.4, -0.2) is 25.0 Å². The summed E-state index contributed by atoms with van der Waals surface area (Å²) in [6, 6.07) is 5.21. The van der Waals surface area contributed by atoms with E-state index in [1.165, 1.54) is 0 Å². The third-order valence-electron chi connectivity index (χ3n) is 1.64. The van der Waals surface area contributed by atoms with Crippen molar-refractivity contribution in [3.05, 3.63) is 18.2 Å². The van der Waals surface area contributed by atoms with Gasteiger partial charge >= 0.3 is 0 Å². The number of anilines is 1. The van der Waals surface area contributed by atoms with Crippen LogP contribution in [0.1, 0.15) is 0 Å². The van der Waals surface area contributed by atoms with Gasteiger partial charge in [0.1, 0.15) is 13.2 Å². The minimum Gasteiger partial charge on any atom is -0.488 e. The van der Waals surface area contributed by atoms with Crippen LogP contribution in [0.2, 0.25) is 0 Å². The van der Waals surface area contributed by atoms with Gasteiger partial charge in [0.05, 0.1) is 11.8 Å². The summed E-state index contributed by atoms with van der Waals surface area (Å²) in [6.07, 6.45) is 0. The number of benzene rings is 1. The zero-order valence-electron chi connectivity index (χ0n) is 8.62. The lowest BCUT2D eigenvalue weighted by molar-refractivity contribution is 0.290. The van der Waals surface area contributed by atoms with Crippen molar-refractivity contribution < 1.29 is 9.47 Å². The molecule has 0 fully saturated rings. The molecule has 1 aromatic carbocycles. The van der Waals surface area contributed by atoms with E-state index in [0.29, 0.717) is 42.2 Å². The number of nitrogens with two attached hydrogens (primary N) is 1. The molecule has 1 aromatic rings. The molecule has 6 heteroatoms. The fourth-order valence-electron chi connectivity index (χ4n) is 1.05. The van der Waals surface area contributed by atoms with E-state index in [-0.39, 0.29) is 12.4 Å². The van der Waals surface area contributed by atoms with Crippen LogP contribution in [0.4, 0.5) is 5.69 Å². The van der Waals surface area contributed by atoms with Crippen molar-refractivity contribution in [3.8, 4) is 11.5 Å². The van der Waals surface area contributed by atoms with Gasteiger partial charge in [0.2, 0.25) is 0 Å². The highest BCUT2D eigenvalue weighted by Gasteiger charge is 2.05. The molecule has 0 saturated heterocycles. The summed E-state index contributed by atoms with van der Waals surface area (Å²) >= 11 is 11.1. The van der Waals surface area contributed by atoms with Crippen LogP contribution in [-0.2, 0) is 0 Å². The summed E-state index contributed by atoms with van der Waals surface area (Å²) in [5, 5.41) is 0. The van der Waals surface area contributed by atoms with E-state index in [9.17, 15) is 0 Å². The standard InChI is InChI=1S/C10H13Cl2NO2.ClH/c11-3-5-14-9-2-1-8(13)7-10(9)15-6-4-12;/h1-2,7H,3-6,13H2;1H. The van der Waals surface area contributed by atoms with Crippen molar-refractivity contribution in [1.29, 1.82) is 0 Å². The topological polar surface area (TPSA) is 44.5 Å². The van der Waals surface area contributed by atoms with Gasteiger partial charge in [-0.15, -0.1) is 35.6 Å². The van der Waals surface area contributed by atoms with Crippen molar-refractivity contribution in [2.75, 3.05) is 30.7 Å². The van der Waals surface area contributed by atoms with Gasteiger partial charge in [-0.3, -0.25) is 0 Å². The van der Waals surface area contributed by atoms with Crippen molar-refractivity contribution >= 4 is 41.3 Å². The monoisotopic (exact) mass is 285 g/mol. The van der Waals surface area contributed by atoms with E-state index in [2.05, 4.69) is 0 Å². The fraction of sp³-hybridized carbons (Fsp3) is 0.400. The Morgan fingerprint density at radius 1 is 1.00 bits per heavy atom. The molecule has 0 aliphatic rings. The second-order valence-electron chi connectivity index (χ2n) is 2.78. The van der Waals surface area contributed by atoms with Crippen LogP contribution in [0, 0.1) is 0 Å². The van der Waals surface area contributed by atoms with Crippen molar-refractivity contribution in [2.45, 2.75) is 0 Å². The molecule has 0 aliphatic carbocycles. The molecule has 2 N–H and O–H groups in total. The van der Waals surface area contributed by atoms with Crippen LogP contribution < -0.4 is 15.2 Å². The Hall–Kier alpha value is -0.510. The zero-order chi connectivity index (χ0) is 11.1. The lowest BCUT2D eigenvalue weighted by Crippen LogP contribution is -2.04. The number of nitrogen functional groups attached to an aromatic ring is 1. The minimum atomic E-state index is 0. The van der Waals surface area contributed by atoms with Crippen molar-refractivity contribution in [1.82, 2.24) is 0 Å². The predicted octanol–water partition coefficient (Wildman–Crippen LogP) is 2.93. The van der Waals surface area contributed by atoms with Gasteiger partial charge in [0, 0.05) is 11.8 Å². The molecule has 0 amide bonds. The highest BCUT2D eigenvalue weighted by atomic mass is 35.5. The molecule has 0 saturated carbocycles. The molecule has 0 radical (unpaired) electrons. The van der Waals surface area contributed by atoms with E-state index in [0.717, 1.165) is 0 Å². The van der Waals surface area contributed by atoms with Crippen LogP contribution in [0.15, 0.2) is 18.2 Å². The van der Waals surface area contributed by atoms with Gasteiger partial charge in [-0.2, -0.15) is 0 Å². The maximum atomic E-state index is 5.63. The largest absolute Gasteiger partial charge is 0.488 e. The summed E-state index contributed by atoms with van der Waals surface area (Å²) in [6.45, 7) is 0.852. The van der Waals surface area contributed by atoms with E-state index in [4.69, 9.17) is 38.4 Å². The van der Waals surface area contributed by atoms with Gasteiger partial charge in [0.15, 0.2) is 11.5 Å². The summed E-state index contributed by atoms with van der Waals surface area (Å²) < 4.78 is 10.8. The van der Waals surface area contributed by atoms with Gasteiger partial charge in [0.25, 0.3) is 0 Å². The third kappa shape index (κ3) is 5.01. The summed E-state index contributed by atoms with van der Waals surface area (Å²) in [5.41, 5.74) is 6.26. The molecule has 0 bridgehead atoms. The van der Waals surface area contributed by atoms with Gasteiger partial charge < -0.3 is 15.2 Å². The molecular formula is C10H14Cl3NO2. The lowest BCUT2D eigenvalue weighted by atomic mass is 10.3. The molecular weight excluding hydrogens is 272 g/mol. The zero-order valence-corrected chi connectivity index (χ0v) is 10.9. The van der Waals surface area contributed by atoms with Crippen LogP contribution in [0.5, 0.6) is 11.5 Å². The summed E-state index contributed by atoms with van der Waals surface area (Å²) in [7, 11) is 0. The molecule has 1 rings (SSSR count). The van der Waals surface area contributed by atoms with Crippen molar-refractivity contribution in [3.63, 3.8) is 0 Å². The average Bonchev–Trinajstić information content (AvgIpc) is 2.25. The Kier molecular flexibility index (Phi) is 8.35. The molecule has 3 nitrogen and oxygen atoms in total. The minimum absolute atomic E-state index is 0. The molecule has 16 heavy (non-hydrogen) atoms. The number of rotatable bonds is 6. The normalized spacial score (nSPS) is 9.38. The Balaban J connectivity index is 0.00000225. The molecule has 0 aliphatic heterocycles. The Bertz CT molecular complexity index is 310. The maximum Gasteiger partial charge on any atom is 0.163 e. The smallest absolute Gasteiger partial charge is 0.163 e. The number of hydrogen-bond donors (Lipinski definition) is 1. The van der Waals surface area contributed by atoms with E-state index in [1.54, 1.807) is 18.2 Å². The Morgan fingerprint density at radius 3 is 2.12 bits per heavy atom. The first-order valence-electron chi connectivity index (χ1n) is 4.55. The SMILES string of the molecule is Cl.Nc1ccc(OCCCl)c(OCCCl)c1. The first kappa shape index (κ1) is 15.5. The van der Waals surface area contributed by atoms with Crippen LogP contribution in [0.25, 0.3) is 0 Å². The summed E-state index contributed by atoms with van der Waals surface area (Å²) in [5.74, 6) is 2.08. The van der Waals surface area contributed by atoms with E-state index < -0.39 is 0 Å². The molecule has 0 unspecified atom stereocenters. The Labute approximate surface area is 111 Å². The molecule has 0 aromatic heterocycles. The van der Waals surface area contributed by atoms with Crippen molar-refractivity contribution in [2.24, 2.45) is 0 Å². The first-order valence-corrected chi connectivity index (χ1v) is 5.62. The van der Waals surface area contributed by atoms with Crippen LogP contribution in [0.3, 0.4) is 0 Å². The van der Waals surface area contributed by atoms with E-state index in [1.807, 2.05) is 0 Å². The first-order chi connectivity index (χ1) is 7.27. The molecule has 92 valence electrons. The van der Waals surface area contributed by atoms with E-state index >= 15 is 0 Å². The highest BCUT2D eigenvalue weighted by molar-refractivity contribution is 6.18. The second kappa shape index (κ2) is 8.62. The number of ether oxygens (including phenoxy) is 2. The number of hydrogen-bond acceptors (Lipinski definition) is 3. The maximum absolute atomic E-state index is 5.63. The number of alkyl halides is 2. The fourth-order valence-corrected chi connectivity index (χ4v) is 1.21. The molecule has 0 heterocycles. The predicted molar refractivity (Wildman–Crippen MR) is 70.5 cm³/mol. The quantitative estimate of drug-likeness (QED) is 0.646. The Morgan fingerprint density at radius 2 is 1.56 bits per heavy atom. The van der Waals surface area contributed by atoms with Gasteiger partial charge in [-0.1, -0.05) is 0 Å². The molecule has 0 spiro atoms. The van der Waals surface area contributed by atoms with Crippen LogP contribution >= 0.6 is 35.6 Å². The van der Waals surface area contributed by atoms with Gasteiger partial charge in [-0.05, 0) is 12.1 Å². The molecule has 0 atom stereocenters.